The second kappa shape index (κ2) is 2.32. The quantitative estimate of drug-likeness (QED) is 0.530. The lowest BCUT2D eigenvalue weighted by Crippen LogP contribution is -2.54. The average molecular weight is 156 g/mol. The molecule has 0 aromatic rings. The van der Waals surface area contributed by atoms with Gasteiger partial charge < -0.3 is 4.74 Å². The molecular weight excluding hydrogens is 144 g/mol. The van der Waals surface area contributed by atoms with Crippen LogP contribution >= 0.6 is 0 Å². The summed E-state index contributed by atoms with van der Waals surface area (Å²) in [6, 6.07) is 0. The third-order valence-corrected chi connectivity index (χ3v) is 2.03. The summed E-state index contributed by atoms with van der Waals surface area (Å²) in [6.07, 6.45) is 0.658. The van der Waals surface area contributed by atoms with Gasteiger partial charge in [-0.25, -0.2) is 0 Å². The number of ether oxygens (including phenoxy) is 1. The van der Waals surface area contributed by atoms with Crippen LogP contribution in [0.5, 0.6) is 0 Å². The fourth-order valence-electron chi connectivity index (χ4n) is 1.58. The standard InChI is InChI=1S/C8H12O3/c1-5-4-8(3,7(5)10)11-6(2)9/h5H,4H2,1-3H3. The molecule has 0 bridgehead atoms. The molecule has 0 amide bonds. The monoisotopic (exact) mass is 156 g/mol. The summed E-state index contributed by atoms with van der Waals surface area (Å²) in [5.41, 5.74) is -0.814. The minimum Gasteiger partial charge on any atom is -0.451 e. The molecule has 0 N–H and O–H groups in total. The highest BCUT2D eigenvalue weighted by atomic mass is 16.6. The van der Waals surface area contributed by atoms with Crippen molar-refractivity contribution in [3.05, 3.63) is 0 Å². The molecule has 11 heavy (non-hydrogen) atoms. The fraction of sp³-hybridized carbons (Fsp3) is 0.750. The average Bonchev–Trinajstić information content (AvgIpc) is 1.85. The molecule has 0 aromatic carbocycles. The van der Waals surface area contributed by atoms with E-state index in [-0.39, 0.29) is 17.7 Å². The molecule has 62 valence electrons. The second-order valence-corrected chi connectivity index (χ2v) is 3.29. The van der Waals surface area contributed by atoms with Crippen molar-refractivity contribution in [3.63, 3.8) is 0 Å². The zero-order chi connectivity index (χ0) is 8.65. The van der Waals surface area contributed by atoms with E-state index in [2.05, 4.69) is 0 Å². The van der Waals surface area contributed by atoms with E-state index < -0.39 is 5.60 Å². The fourth-order valence-corrected chi connectivity index (χ4v) is 1.58. The van der Waals surface area contributed by atoms with Crippen molar-refractivity contribution in [2.75, 3.05) is 0 Å². The molecule has 1 aliphatic carbocycles. The van der Waals surface area contributed by atoms with Gasteiger partial charge >= 0.3 is 5.97 Å². The Morgan fingerprint density at radius 2 is 2.27 bits per heavy atom. The Morgan fingerprint density at radius 1 is 1.73 bits per heavy atom. The number of carbonyl (C=O) groups excluding carboxylic acids is 2. The smallest absolute Gasteiger partial charge is 0.303 e. The maximum Gasteiger partial charge on any atom is 0.303 e. The number of Topliss-reactive ketones (excluding diaryl/α,β-unsaturated/α-hetero) is 1. The van der Waals surface area contributed by atoms with Gasteiger partial charge in [-0.15, -0.1) is 0 Å². The first-order valence-electron chi connectivity index (χ1n) is 3.69. The van der Waals surface area contributed by atoms with Gasteiger partial charge in [-0.3, -0.25) is 9.59 Å². The number of hydrogen-bond donors (Lipinski definition) is 0. The largest absolute Gasteiger partial charge is 0.451 e. The van der Waals surface area contributed by atoms with E-state index >= 15 is 0 Å². The van der Waals surface area contributed by atoms with E-state index in [0.717, 1.165) is 0 Å². The Bertz CT molecular complexity index is 209. The zero-order valence-corrected chi connectivity index (χ0v) is 7.01. The van der Waals surface area contributed by atoms with Gasteiger partial charge in [-0.1, -0.05) is 6.92 Å². The van der Waals surface area contributed by atoms with Gasteiger partial charge in [0.1, 0.15) is 0 Å². The van der Waals surface area contributed by atoms with Crippen LogP contribution in [-0.2, 0) is 14.3 Å². The Kier molecular flexibility index (Phi) is 1.74. The van der Waals surface area contributed by atoms with Crippen molar-refractivity contribution in [3.8, 4) is 0 Å². The van der Waals surface area contributed by atoms with Gasteiger partial charge in [0.25, 0.3) is 0 Å². The predicted octanol–water partition coefficient (Wildman–Crippen LogP) is 0.917. The number of esters is 1. The van der Waals surface area contributed by atoms with Crippen LogP contribution in [-0.4, -0.2) is 17.4 Å². The molecule has 2 unspecified atom stereocenters. The highest BCUT2D eigenvalue weighted by Gasteiger charge is 2.50. The summed E-state index contributed by atoms with van der Waals surface area (Å²) in [5, 5.41) is 0. The summed E-state index contributed by atoms with van der Waals surface area (Å²) >= 11 is 0. The summed E-state index contributed by atoms with van der Waals surface area (Å²) in [5.74, 6) is -0.292. The summed E-state index contributed by atoms with van der Waals surface area (Å²) in [7, 11) is 0. The first kappa shape index (κ1) is 8.24. The maximum atomic E-state index is 11.1. The molecule has 1 fully saturated rings. The van der Waals surface area contributed by atoms with Crippen molar-refractivity contribution in [1.29, 1.82) is 0 Å². The lowest BCUT2D eigenvalue weighted by atomic mass is 9.71. The van der Waals surface area contributed by atoms with E-state index in [4.69, 9.17) is 4.74 Å². The second-order valence-electron chi connectivity index (χ2n) is 3.29. The third kappa shape index (κ3) is 1.27. The lowest BCUT2D eigenvalue weighted by molar-refractivity contribution is -0.178. The van der Waals surface area contributed by atoms with E-state index in [9.17, 15) is 9.59 Å². The van der Waals surface area contributed by atoms with Crippen LogP contribution in [0.2, 0.25) is 0 Å². The molecule has 3 heteroatoms. The Hall–Kier alpha value is -0.860. The van der Waals surface area contributed by atoms with Gasteiger partial charge in [-0.05, 0) is 6.92 Å². The number of carbonyl (C=O) groups is 2. The molecule has 0 aromatic heterocycles. The molecule has 0 radical (unpaired) electrons. The maximum absolute atomic E-state index is 11.1. The van der Waals surface area contributed by atoms with Crippen molar-refractivity contribution < 1.29 is 14.3 Å². The molecule has 0 aliphatic heterocycles. The molecule has 0 heterocycles. The topological polar surface area (TPSA) is 43.4 Å². The first-order chi connectivity index (χ1) is 4.96. The van der Waals surface area contributed by atoms with Gasteiger partial charge in [-0.2, -0.15) is 0 Å². The van der Waals surface area contributed by atoms with E-state index in [1.807, 2.05) is 6.92 Å². The Labute approximate surface area is 65.7 Å². The van der Waals surface area contributed by atoms with Crippen molar-refractivity contribution in [2.45, 2.75) is 32.8 Å². The zero-order valence-electron chi connectivity index (χ0n) is 7.01. The number of ketones is 1. The molecule has 3 nitrogen and oxygen atoms in total. The minimum absolute atomic E-state index is 0.0349. The van der Waals surface area contributed by atoms with E-state index in [1.165, 1.54) is 6.92 Å². The van der Waals surface area contributed by atoms with Gasteiger partial charge in [0.05, 0.1) is 0 Å². The van der Waals surface area contributed by atoms with Crippen molar-refractivity contribution >= 4 is 11.8 Å². The van der Waals surface area contributed by atoms with Crippen LogP contribution in [0, 0.1) is 5.92 Å². The molecule has 1 rings (SSSR count). The van der Waals surface area contributed by atoms with E-state index in [0.29, 0.717) is 6.42 Å². The molecular formula is C8H12O3. The lowest BCUT2D eigenvalue weighted by Gasteiger charge is -2.40. The summed E-state index contributed by atoms with van der Waals surface area (Å²) in [6.45, 7) is 4.83. The molecule has 0 spiro atoms. The molecule has 1 saturated carbocycles. The first-order valence-corrected chi connectivity index (χ1v) is 3.69. The number of rotatable bonds is 1. The SMILES string of the molecule is CC(=O)OC1(C)CC(C)C1=O. The Morgan fingerprint density at radius 3 is 2.55 bits per heavy atom. The molecule has 0 saturated heterocycles. The Balaban J connectivity index is 2.58. The van der Waals surface area contributed by atoms with Gasteiger partial charge in [0.15, 0.2) is 11.4 Å². The van der Waals surface area contributed by atoms with Crippen LogP contribution in [0.4, 0.5) is 0 Å². The molecule has 2 atom stereocenters. The third-order valence-electron chi connectivity index (χ3n) is 2.03. The summed E-state index contributed by atoms with van der Waals surface area (Å²) in [4.78, 5) is 21.7. The van der Waals surface area contributed by atoms with Crippen LogP contribution in [0.15, 0.2) is 0 Å². The molecule has 1 aliphatic rings. The predicted molar refractivity (Wildman–Crippen MR) is 39.0 cm³/mol. The highest BCUT2D eigenvalue weighted by molar-refractivity contribution is 5.96. The summed E-state index contributed by atoms with van der Waals surface area (Å²) < 4.78 is 4.87. The highest BCUT2D eigenvalue weighted by Crippen LogP contribution is 2.36. The normalized spacial score (nSPS) is 36.3. The minimum atomic E-state index is -0.814. The van der Waals surface area contributed by atoms with Crippen molar-refractivity contribution in [1.82, 2.24) is 0 Å². The van der Waals surface area contributed by atoms with Crippen LogP contribution < -0.4 is 0 Å². The van der Waals surface area contributed by atoms with Crippen LogP contribution in [0.25, 0.3) is 0 Å². The van der Waals surface area contributed by atoms with Crippen LogP contribution in [0.3, 0.4) is 0 Å². The van der Waals surface area contributed by atoms with Crippen LogP contribution in [0.1, 0.15) is 27.2 Å². The van der Waals surface area contributed by atoms with Crippen molar-refractivity contribution in [2.24, 2.45) is 5.92 Å². The van der Waals surface area contributed by atoms with Gasteiger partial charge in [0, 0.05) is 19.3 Å². The van der Waals surface area contributed by atoms with E-state index in [1.54, 1.807) is 6.92 Å². The number of hydrogen-bond acceptors (Lipinski definition) is 3. The van der Waals surface area contributed by atoms with Gasteiger partial charge in [0.2, 0.25) is 0 Å².